The number of benzene rings is 2. The van der Waals surface area contributed by atoms with E-state index in [1.807, 2.05) is 36.4 Å². The molecule has 4 nitrogen and oxygen atoms in total. The van der Waals surface area contributed by atoms with E-state index in [9.17, 15) is 9.59 Å². The third kappa shape index (κ3) is 5.43. The predicted octanol–water partition coefficient (Wildman–Crippen LogP) is 3.86. The average molecular weight is 308 g/mol. The normalized spacial score (nSPS) is 10.5. The maximum atomic E-state index is 11.9. The van der Waals surface area contributed by atoms with Crippen molar-refractivity contribution in [2.24, 2.45) is 0 Å². The maximum absolute atomic E-state index is 11.9. The lowest BCUT2D eigenvalue weighted by atomic mass is 10.1. The van der Waals surface area contributed by atoms with Gasteiger partial charge in [0.1, 0.15) is 0 Å². The van der Waals surface area contributed by atoms with Crippen molar-refractivity contribution in [2.75, 3.05) is 10.6 Å². The number of anilines is 2. The fourth-order valence-electron chi connectivity index (χ4n) is 2.06. The number of hydrogen-bond acceptors (Lipinski definition) is 2. The highest BCUT2D eigenvalue weighted by atomic mass is 16.2. The van der Waals surface area contributed by atoms with Crippen molar-refractivity contribution in [1.29, 1.82) is 0 Å². The second kappa shape index (κ2) is 7.94. The first kappa shape index (κ1) is 16.5. The minimum absolute atomic E-state index is 0.109. The fraction of sp³-hybridized carbons (Fsp3) is 0.158. The molecule has 0 aromatic heterocycles. The first-order valence-corrected chi connectivity index (χ1v) is 7.52. The highest BCUT2D eigenvalue weighted by Gasteiger charge is 1.99. The van der Waals surface area contributed by atoms with E-state index in [2.05, 4.69) is 17.6 Å². The first-order valence-electron chi connectivity index (χ1n) is 7.52. The minimum atomic E-state index is -0.180. The average Bonchev–Trinajstić information content (AvgIpc) is 2.54. The standard InChI is InChI=1S/C19H20N2O2/c1-3-15-4-9-18(10-5-15)21-19(23)13-8-16-6-11-17(12-7-16)20-14(2)22/h4-13H,3H2,1-2H3,(H,20,22)(H,21,23)/b13-8+. The second-order valence-electron chi connectivity index (χ2n) is 5.18. The van der Waals surface area contributed by atoms with Crippen LogP contribution in [-0.4, -0.2) is 11.8 Å². The fourth-order valence-corrected chi connectivity index (χ4v) is 2.06. The number of amides is 2. The van der Waals surface area contributed by atoms with Crippen LogP contribution < -0.4 is 10.6 Å². The summed E-state index contributed by atoms with van der Waals surface area (Å²) >= 11 is 0. The summed E-state index contributed by atoms with van der Waals surface area (Å²) in [5.74, 6) is -0.290. The van der Waals surface area contributed by atoms with Gasteiger partial charge in [0, 0.05) is 24.4 Å². The molecule has 2 rings (SSSR count). The Labute approximate surface area is 136 Å². The number of hydrogen-bond donors (Lipinski definition) is 2. The minimum Gasteiger partial charge on any atom is -0.326 e. The van der Waals surface area contributed by atoms with Gasteiger partial charge >= 0.3 is 0 Å². The van der Waals surface area contributed by atoms with Gasteiger partial charge in [-0.1, -0.05) is 31.2 Å². The highest BCUT2D eigenvalue weighted by Crippen LogP contribution is 2.12. The summed E-state index contributed by atoms with van der Waals surface area (Å²) in [6.45, 7) is 3.55. The van der Waals surface area contributed by atoms with Gasteiger partial charge in [0.2, 0.25) is 11.8 Å². The van der Waals surface area contributed by atoms with E-state index in [4.69, 9.17) is 0 Å². The Morgan fingerprint density at radius 2 is 1.48 bits per heavy atom. The summed E-state index contributed by atoms with van der Waals surface area (Å²) < 4.78 is 0. The summed E-state index contributed by atoms with van der Waals surface area (Å²) in [5.41, 5.74) is 3.63. The molecule has 0 atom stereocenters. The largest absolute Gasteiger partial charge is 0.326 e. The quantitative estimate of drug-likeness (QED) is 0.824. The molecular formula is C19H20N2O2. The van der Waals surface area contributed by atoms with E-state index in [0.717, 1.165) is 23.4 Å². The van der Waals surface area contributed by atoms with Gasteiger partial charge in [-0.15, -0.1) is 0 Å². The van der Waals surface area contributed by atoms with Gasteiger partial charge in [0.15, 0.2) is 0 Å². The van der Waals surface area contributed by atoms with Gasteiger partial charge in [0.25, 0.3) is 0 Å². The van der Waals surface area contributed by atoms with Crippen LogP contribution in [0.4, 0.5) is 11.4 Å². The monoisotopic (exact) mass is 308 g/mol. The highest BCUT2D eigenvalue weighted by molar-refractivity contribution is 6.02. The summed E-state index contributed by atoms with van der Waals surface area (Å²) in [7, 11) is 0. The number of nitrogens with one attached hydrogen (secondary N) is 2. The van der Waals surface area contributed by atoms with Crippen molar-refractivity contribution >= 4 is 29.3 Å². The number of aryl methyl sites for hydroxylation is 1. The Morgan fingerprint density at radius 1 is 0.913 bits per heavy atom. The molecule has 2 N–H and O–H groups in total. The first-order chi connectivity index (χ1) is 11.1. The topological polar surface area (TPSA) is 58.2 Å². The van der Waals surface area contributed by atoms with Crippen molar-refractivity contribution in [2.45, 2.75) is 20.3 Å². The molecule has 2 amide bonds. The van der Waals surface area contributed by atoms with E-state index >= 15 is 0 Å². The molecule has 0 saturated carbocycles. The van der Waals surface area contributed by atoms with Crippen LogP contribution in [-0.2, 0) is 16.0 Å². The number of carbonyl (C=O) groups is 2. The van der Waals surface area contributed by atoms with Crippen LogP contribution in [0.25, 0.3) is 6.08 Å². The van der Waals surface area contributed by atoms with Gasteiger partial charge in [-0.3, -0.25) is 9.59 Å². The zero-order valence-corrected chi connectivity index (χ0v) is 13.3. The predicted molar refractivity (Wildman–Crippen MR) is 94.2 cm³/mol. The van der Waals surface area contributed by atoms with Crippen LogP contribution in [0.3, 0.4) is 0 Å². The van der Waals surface area contributed by atoms with E-state index in [1.165, 1.54) is 18.6 Å². The van der Waals surface area contributed by atoms with E-state index in [-0.39, 0.29) is 11.8 Å². The zero-order chi connectivity index (χ0) is 16.7. The lowest BCUT2D eigenvalue weighted by molar-refractivity contribution is -0.114. The summed E-state index contributed by atoms with van der Waals surface area (Å²) in [4.78, 5) is 22.8. The van der Waals surface area contributed by atoms with E-state index < -0.39 is 0 Å². The molecule has 2 aromatic rings. The van der Waals surface area contributed by atoms with Crippen LogP contribution in [0, 0.1) is 0 Å². The molecule has 0 bridgehead atoms. The molecule has 0 spiro atoms. The Hall–Kier alpha value is -2.88. The van der Waals surface area contributed by atoms with Crippen molar-refractivity contribution in [3.05, 3.63) is 65.7 Å². The van der Waals surface area contributed by atoms with Gasteiger partial charge in [-0.2, -0.15) is 0 Å². The smallest absolute Gasteiger partial charge is 0.248 e. The molecule has 23 heavy (non-hydrogen) atoms. The summed E-state index contributed by atoms with van der Waals surface area (Å²) in [6.07, 6.45) is 4.19. The summed E-state index contributed by atoms with van der Waals surface area (Å²) in [5, 5.41) is 5.51. The molecule has 0 fully saturated rings. The van der Waals surface area contributed by atoms with Crippen molar-refractivity contribution in [3.63, 3.8) is 0 Å². The number of rotatable bonds is 5. The van der Waals surface area contributed by atoms with Gasteiger partial charge in [0.05, 0.1) is 0 Å². The van der Waals surface area contributed by atoms with Crippen molar-refractivity contribution < 1.29 is 9.59 Å². The second-order valence-corrected chi connectivity index (χ2v) is 5.18. The SMILES string of the molecule is CCc1ccc(NC(=O)/C=C/c2ccc(NC(C)=O)cc2)cc1. The molecule has 2 aromatic carbocycles. The molecule has 0 heterocycles. The Morgan fingerprint density at radius 3 is 2.04 bits per heavy atom. The Balaban J connectivity index is 1.93. The molecular weight excluding hydrogens is 288 g/mol. The molecule has 118 valence electrons. The molecule has 0 radical (unpaired) electrons. The molecule has 0 saturated heterocycles. The van der Waals surface area contributed by atoms with E-state index in [0.29, 0.717) is 0 Å². The van der Waals surface area contributed by atoms with Crippen molar-refractivity contribution in [1.82, 2.24) is 0 Å². The van der Waals surface area contributed by atoms with Crippen LogP contribution in [0.5, 0.6) is 0 Å². The van der Waals surface area contributed by atoms with Crippen LogP contribution in [0.15, 0.2) is 54.6 Å². The molecule has 4 heteroatoms. The van der Waals surface area contributed by atoms with Gasteiger partial charge in [-0.25, -0.2) is 0 Å². The van der Waals surface area contributed by atoms with Crippen LogP contribution >= 0.6 is 0 Å². The molecule has 0 aliphatic rings. The zero-order valence-electron chi connectivity index (χ0n) is 13.3. The Kier molecular flexibility index (Phi) is 5.69. The molecule has 0 aliphatic heterocycles. The Bertz CT molecular complexity index is 701. The van der Waals surface area contributed by atoms with Gasteiger partial charge < -0.3 is 10.6 Å². The van der Waals surface area contributed by atoms with E-state index in [1.54, 1.807) is 18.2 Å². The van der Waals surface area contributed by atoms with Crippen LogP contribution in [0.1, 0.15) is 25.0 Å². The van der Waals surface area contributed by atoms with Crippen molar-refractivity contribution in [3.8, 4) is 0 Å². The maximum Gasteiger partial charge on any atom is 0.248 e. The molecule has 0 aliphatic carbocycles. The molecule has 0 unspecified atom stereocenters. The lowest BCUT2D eigenvalue weighted by Crippen LogP contribution is -2.07. The summed E-state index contributed by atoms with van der Waals surface area (Å²) in [6, 6.07) is 15.1. The number of carbonyl (C=O) groups excluding carboxylic acids is 2. The third-order valence-electron chi connectivity index (χ3n) is 3.29. The van der Waals surface area contributed by atoms with Gasteiger partial charge in [-0.05, 0) is 47.9 Å². The van der Waals surface area contributed by atoms with Crippen LogP contribution in [0.2, 0.25) is 0 Å². The third-order valence-corrected chi connectivity index (χ3v) is 3.29. The lowest BCUT2D eigenvalue weighted by Gasteiger charge is -2.03.